The number of halogens is 6. The highest BCUT2D eigenvalue weighted by atomic mass is 35.5. The third kappa shape index (κ3) is 6.35. The van der Waals surface area contributed by atoms with E-state index in [0.717, 1.165) is 17.7 Å². The smallest absolute Gasteiger partial charge is 0.416 e. The van der Waals surface area contributed by atoms with Crippen LogP contribution in [0.15, 0.2) is 60.2 Å². The maximum absolute atomic E-state index is 13.3. The third-order valence-corrected chi connectivity index (χ3v) is 6.37. The number of imide groups is 2. The Bertz CT molecular complexity index is 1540. The van der Waals surface area contributed by atoms with E-state index in [1.54, 1.807) is 31.2 Å². The quantitative estimate of drug-likeness (QED) is 0.223. The first-order chi connectivity index (χ1) is 18.9. The highest BCUT2D eigenvalue weighted by Crippen LogP contribution is 2.39. The van der Waals surface area contributed by atoms with Gasteiger partial charge >= 0.3 is 12.2 Å². The van der Waals surface area contributed by atoms with Crippen LogP contribution in [0, 0.1) is 0 Å². The Balaban J connectivity index is 1.70. The van der Waals surface area contributed by atoms with E-state index in [9.17, 15) is 27.6 Å². The lowest BCUT2D eigenvalue weighted by molar-refractivity contribution is -0.137. The van der Waals surface area contributed by atoms with Gasteiger partial charge in [-0.25, -0.2) is 9.69 Å². The number of urea groups is 1. The molecule has 0 radical (unpaired) electrons. The number of alkyl halides is 3. The second kappa shape index (κ2) is 11.8. The number of benzene rings is 3. The molecule has 13 heteroatoms. The number of nitrogens with zero attached hydrogens (tertiary/aromatic N) is 1. The highest BCUT2D eigenvalue weighted by Gasteiger charge is 2.39. The number of carbonyl (C=O) groups is 3. The lowest BCUT2D eigenvalue weighted by Gasteiger charge is -2.27. The normalized spacial score (nSPS) is 14.9. The summed E-state index contributed by atoms with van der Waals surface area (Å²) in [5, 5.41) is 2.23. The van der Waals surface area contributed by atoms with Crippen LogP contribution in [0.4, 0.5) is 23.7 Å². The Hall–Kier alpha value is -3.73. The van der Waals surface area contributed by atoms with Crippen LogP contribution in [-0.4, -0.2) is 24.5 Å². The van der Waals surface area contributed by atoms with Gasteiger partial charge in [-0.2, -0.15) is 13.2 Å². The van der Waals surface area contributed by atoms with Crippen LogP contribution in [0.5, 0.6) is 11.5 Å². The molecule has 40 heavy (non-hydrogen) atoms. The molecule has 0 aromatic heterocycles. The van der Waals surface area contributed by atoms with Gasteiger partial charge in [0.1, 0.15) is 12.2 Å². The van der Waals surface area contributed by atoms with E-state index < -0.39 is 40.8 Å². The minimum absolute atomic E-state index is 0.0809. The van der Waals surface area contributed by atoms with Crippen molar-refractivity contribution < 1.29 is 37.0 Å². The molecule has 7 nitrogen and oxygen atoms in total. The van der Waals surface area contributed by atoms with Crippen LogP contribution in [-0.2, 0) is 22.4 Å². The van der Waals surface area contributed by atoms with Crippen molar-refractivity contribution in [3.05, 3.63) is 91.9 Å². The predicted octanol–water partition coefficient (Wildman–Crippen LogP) is 7.31. The monoisotopic (exact) mass is 612 g/mol. The Labute approximate surface area is 241 Å². The Morgan fingerprint density at radius 3 is 2.38 bits per heavy atom. The molecule has 3 aromatic rings. The molecule has 0 aliphatic carbocycles. The number of hydrogen-bond acceptors (Lipinski definition) is 5. The molecule has 0 bridgehead atoms. The van der Waals surface area contributed by atoms with Crippen molar-refractivity contribution in [2.24, 2.45) is 0 Å². The first-order valence-corrected chi connectivity index (χ1v) is 12.6. The molecule has 208 valence electrons. The molecule has 0 atom stereocenters. The van der Waals surface area contributed by atoms with E-state index in [1.807, 2.05) is 5.32 Å². The van der Waals surface area contributed by atoms with Crippen LogP contribution in [0.3, 0.4) is 0 Å². The molecule has 3 aromatic carbocycles. The SMILES string of the molecule is CCOc1cc(/C=C2/C(=O)NC(=O)N(c3cc(C(F)(F)F)ccc3Cl)C2=O)cc(Cl)c1OCc1cccc(Cl)c1. The van der Waals surface area contributed by atoms with Gasteiger partial charge in [-0.15, -0.1) is 0 Å². The molecule has 1 heterocycles. The van der Waals surface area contributed by atoms with Crippen molar-refractivity contribution in [2.75, 3.05) is 11.5 Å². The minimum atomic E-state index is -4.77. The van der Waals surface area contributed by atoms with E-state index >= 15 is 0 Å². The number of nitrogens with one attached hydrogen (secondary N) is 1. The van der Waals surface area contributed by atoms with Gasteiger partial charge < -0.3 is 9.47 Å². The number of anilines is 1. The Kier molecular flexibility index (Phi) is 8.62. The highest BCUT2D eigenvalue weighted by molar-refractivity contribution is 6.42. The van der Waals surface area contributed by atoms with Gasteiger partial charge in [0.15, 0.2) is 11.5 Å². The predicted molar refractivity (Wildman–Crippen MR) is 144 cm³/mol. The molecule has 1 fully saturated rings. The summed E-state index contributed by atoms with van der Waals surface area (Å²) in [4.78, 5) is 38.7. The molecule has 1 saturated heterocycles. The van der Waals surface area contributed by atoms with E-state index in [-0.39, 0.29) is 40.3 Å². The van der Waals surface area contributed by atoms with Crippen molar-refractivity contribution in [3.8, 4) is 11.5 Å². The summed E-state index contributed by atoms with van der Waals surface area (Å²) < 4.78 is 51.3. The summed E-state index contributed by atoms with van der Waals surface area (Å²) in [6, 6.07) is 10.7. The average molecular weight is 614 g/mol. The van der Waals surface area contributed by atoms with E-state index in [2.05, 4.69) is 0 Å². The van der Waals surface area contributed by atoms with Crippen LogP contribution in [0.2, 0.25) is 15.1 Å². The van der Waals surface area contributed by atoms with Crippen LogP contribution < -0.4 is 19.7 Å². The molecule has 0 unspecified atom stereocenters. The van der Waals surface area contributed by atoms with Crippen LogP contribution in [0.1, 0.15) is 23.6 Å². The lowest BCUT2D eigenvalue weighted by atomic mass is 10.1. The summed E-state index contributed by atoms with van der Waals surface area (Å²) in [7, 11) is 0. The number of rotatable bonds is 7. The second-order valence-electron chi connectivity index (χ2n) is 8.30. The maximum atomic E-state index is 13.3. The zero-order valence-corrected chi connectivity index (χ0v) is 22.7. The van der Waals surface area contributed by atoms with Crippen molar-refractivity contribution in [1.82, 2.24) is 5.32 Å². The summed E-state index contributed by atoms with van der Waals surface area (Å²) >= 11 is 18.5. The summed E-state index contributed by atoms with van der Waals surface area (Å²) in [6.07, 6.45) is -3.65. The molecular formula is C27H18Cl3F3N2O5. The van der Waals surface area contributed by atoms with Crippen molar-refractivity contribution in [2.45, 2.75) is 19.7 Å². The Morgan fingerprint density at radius 1 is 0.950 bits per heavy atom. The molecule has 4 amide bonds. The first-order valence-electron chi connectivity index (χ1n) is 11.5. The van der Waals surface area contributed by atoms with Crippen molar-refractivity contribution in [1.29, 1.82) is 0 Å². The van der Waals surface area contributed by atoms with Gasteiger partial charge in [0.2, 0.25) is 0 Å². The minimum Gasteiger partial charge on any atom is -0.490 e. The second-order valence-corrected chi connectivity index (χ2v) is 9.55. The largest absolute Gasteiger partial charge is 0.490 e. The standard InChI is InChI=1S/C27H18Cl3F3N2O5/c1-2-39-22-11-15(10-20(30)23(22)40-13-14-4-3-5-17(28)8-14)9-18-24(36)34-26(38)35(25(18)37)21-12-16(27(31,32)33)6-7-19(21)29/h3-12H,2,13H2,1H3,(H,34,36,38)/b18-9-. The third-order valence-electron chi connectivity index (χ3n) is 5.53. The number of carbonyl (C=O) groups excluding carboxylic acids is 3. The zero-order chi connectivity index (χ0) is 29.2. The first kappa shape index (κ1) is 29.3. The fourth-order valence-electron chi connectivity index (χ4n) is 3.76. The average Bonchev–Trinajstić information content (AvgIpc) is 2.86. The van der Waals surface area contributed by atoms with Crippen LogP contribution in [0.25, 0.3) is 6.08 Å². The fraction of sp³-hybridized carbons (Fsp3) is 0.148. The zero-order valence-electron chi connectivity index (χ0n) is 20.4. The van der Waals surface area contributed by atoms with Gasteiger partial charge in [-0.1, -0.05) is 46.9 Å². The maximum Gasteiger partial charge on any atom is 0.416 e. The topological polar surface area (TPSA) is 84.9 Å². The number of ether oxygens (including phenoxy) is 2. The van der Waals surface area contributed by atoms with Gasteiger partial charge in [0.25, 0.3) is 11.8 Å². The number of hydrogen-bond donors (Lipinski definition) is 1. The molecule has 4 rings (SSSR count). The molecule has 1 aliphatic heterocycles. The summed E-state index contributed by atoms with van der Waals surface area (Å²) in [6.45, 7) is 2.05. The molecule has 1 N–H and O–H groups in total. The van der Waals surface area contributed by atoms with Gasteiger partial charge in [0.05, 0.1) is 27.9 Å². The van der Waals surface area contributed by atoms with Gasteiger partial charge in [0, 0.05) is 5.02 Å². The van der Waals surface area contributed by atoms with Gasteiger partial charge in [-0.3, -0.25) is 14.9 Å². The van der Waals surface area contributed by atoms with Gasteiger partial charge in [-0.05, 0) is 66.6 Å². The molecule has 1 aliphatic rings. The van der Waals surface area contributed by atoms with Crippen molar-refractivity contribution in [3.63, 3.8) is 0 Å². The Morgan fingerprint density at radius 2 is 1.70 bits per heavy atom. The fourth-order valence-corrected chi connectivity index (χ4v) is 4.45. The number of barbiturate groups is 1. The van der Waals surface area contributed by atoms with Crippen molar-refractivity contribution >= 4 is 64.4 Å². The summed E-state index contributed by atoms with van der Waals surface area (Å²) in [5.74, 6) is -1.87. The van der Waals surface area contributed by atoms with E-state index in [1.165, 1.54) is 12.1 Å². The summed E-state index contributed by atoms with van der Waals surface area (Å²) in [5.41, 5.74) is -1.27. The molecule has 0 saturated carbocycles. The van der Waals surface area contributed by atoms with E-state index in [0.29, 0.717) is 22.1 Å². The van der Waals surface area contributed by atoms with Crippen LogP contribution >= 0.6 is 34.8 Å². The number of amides is 4. The van der Waals surface area contributed by atoms with E-state index in [4.69, 9.17) is 44.3 Å². The molecular weight excluding hydrogens is 596 g/mol. The lowest BCUT2D eigenvalue weighted by Crippen LogP contribution is -2.54. The molecule has 0 spiro atoms.